The number of urea groups is 1. The summed E-state index contributed by atoms with van der Waals surface area (Å²) in [7, 11) is 1.63. The number of nitrogens with zero attached hydrogens (tertiary/aromatic N) is 3. The molecule has 1 aromatic heterocycles. The number of hydrogen-bond acceptors (Lipinski definition) is 4. The van der Waals surface area contributed by atoms with Gasteiger partial charge in [-0.05, 0) is 30.4 Å². The smallest absolute Gasteiger partial charge is 0.317 e. The van der Waals surface area contributed by atoms with Crippen LogP contribution in [0.2, 0.25) is 0 Å². The summed E-state index contributed by atoms with van der Waals surface area (Å²) < 4.78 is 0. The van der Waals surface area contributed by atoms with Gasteiger partial charge in [-0.3, -0.25) is 4.79 Å². The fourth-order valence-corrected chi connectivity index (χ4v) is 3.82. The molecule has 1 aromatic carbocycles. The number of hydrogen-bond donors (Lipinski definition) is 1. The van der Waals surface area contributed by atoms with Crippen molar-refractivity contribution in [1.29, 1.82) is 0 Å². The van der Waals surface area contributed by atoms with Gasteiger partial charge in [-0.2, -0.15) is 5.10 Å². The second-order valence-corrected chi connectivity index (χ2v) is 7.93. The van der Waals surface area contributed by atoms with Gasteiger partial charge in [0.05, 0.1) is 16.6 Å². The first-order valence-corrected chi connectivity index (χ1v) is 10.4. The first-order chi connectivity index (χ1) is 13.5. The second-order valence-electron chi connectivity index (χ2n) is 6.98. The van der Waals surface area contributed by atoms with Crippen LogP contribution in [-0.2, 0) is 4.79 Å². The van der Waals surface area contributed by atoms with Crippen LogP contribution >= 0.6 is 11.3 Å². The maximum atomic E-state index is 13.0. The van der Waals surface area contributed by atoms with Gasteiger partial charge in [0.25, 0.3) is 5.91 Å². The maximum absolute atomic E-state index is 13.0. The van der Waals surface area contributed by atoms with Crippen LogP contribution in [-0.4, -0.2) is 47.7 Å². The number of likely N-dealkylation sites (N-methyl/N-ethyl adjacent to an activating group) is 1. The van der Waals surface area contributed by atoms with Crippen LogP contribution in [0.25, 0.3) is 0 Å². The Bertz CT molecular complexity index is 846. The first kappa shape index (κ1) is 20.1. The van der Waals surface area contributed by atoms with E-state index < -0.39 is 0 Å². The molecule has 1 N–H and O–H groups in total. The van der Waals surface area contributed by atoms with Gasteiger partial charge in [0.15, 0.2) is 0 Å². The quantitative estimate of drug-likeness (QED) is 0.805. The van der Waals surface area contributed by atoms with Gasteiger partial charge >= 0.3 is 6.03 Å². The lowest BCUT2D eigenvalue weighted by Crippen LogP contribution is -2.43. The van der Waals surface area contributed by atoms with Crippen LogP contribution in [0, 0.1) is 6.92 Å². The molecule has 1 atom stereocenters. The average molecular weight is 399 g/mol. The second kappa shape index (κ2) is 9.01. The maximum Gasteiger partial charge on any atom is 0.317 e. The van der Waals surface area contributed by atoms with E-state index in [1.165, 1.54) is 10.5 Å². The highest BCUT2D eigenvalue weighted by Gasteiger charge is 2.34. The van der Waals surface area contributed by atoms with Crippen molar-refractivity contribution in [3.8, 4) is 0 Å². The molecule has 148 valence electrons. The third-order valence-corrected chi connectivity index (χ3v) is 5.60. The first-order valence-electron chi connectivity index (χ1n) is 9.48. The highest BCUT2D eigenvalue weighted by atomic mass is 32.1. The van der Waals surface area contributed by atoms with Gasteiger partial charge in [0.1, 0.15) is 6.54 Å². The molecule has 0 aliphatic carbocycles. The lowest BCUT2D eigenvalue weighted by molar-refractivity contribution is -0.133. The molecule has 1 aliphatic heterocycles. The van der Waals surface area contributed by atoms with Gasteiger partial charge in [0.2, 0.25) is 0 Å². The number of thiophene rings is 1. The highest BCUT2D eigenvalue weighted by molar-refractivity contribution is 7.12. The lowest BCUT2D eigenvalue weighted by atomic mass is 10.00. The number of hydrazone groups is 1. The van der Waals surface area contributed by atoms with Crippen molar-refractivity contribution in [2.75, 3.05) is 20.1 Å². The van der Waals surface area contributed by atoms with E-state index in [4.69, 9.17) is 0 Å². The number of nitrogens with one attached hydrogen (secondary N) is 1. The molecule has 2 aromatic rings. The lowest BCUT2D eigenvalue weighted by Gasteiger charge is -2.25. The van der Waals surface area contributed by atoms with Crippen LogP contribution in [0.4, 0.5) is 4.79 Å². The Hall–Kier alpha value is -2.67. The molecule has 0 bridgehead atoms. The summed E-state index contributed by atoms with van der Waals surface area (Å²) in [6.07, 6.45) is 1.52. The molecule has 1 unspecified atom stereocenters. The molecule has 28 heavy (non-hydrogen) atoms. The third-order valence-electron chi connectivity index (χ3n) is 4.68. The van der Waals surface area contributed by atoms with E-state index in [0.717, 1.165) is 22.6 Å². The SMILES string of the molecule is CCCNC(=O)N(C)CC(=O)N1N=C(c2cccs2)CC1c1ccc(C)cc1. The Kier molecular flexibility index (Phi) is 6.46. The van der Waals surface area contributed by atoms with Gasteiger partial charge in [-0.1, -0.05) is 42.8 Å². The molecular formula is C21H26N4O2S. The van der Waals surface area contributed by atoms with Gasteiger partial charge in [-0.25, -0.2) is 9.80 Å². The van der Waals surface area contributed by atoms with Gasteiger partial charge in [0, 0.05) is 20.0 Å². The summed E-state index contributed by atoms with van der Waals surface area (Å²) in [4.78, 5) is 27.6. The summed E-state index contributed by atoms with van der Waals surface area (Å²) in [6, 6.07) is 11.8. The Morgan fingerprint density at radius 3 is 2.68 bits per heavy atom. The van der Waals surface area contributed by atoms with E-state index in [1.807, 2.05) is 55.6 Å². The predicted octanol–water partition coefficient (Wildman–Crippen LogP) is 3.79. The average Bonchev–Trinajstić information content (AvgIpc) is 3.36. The summed E-state index contributed by atoms with van der Waals surface area (Å²) in [6.45, 7) is 4.61. The zero-order valence-electron chi connectivity index (χ0n) is 16.5. The largest absolute Gasteiger partial charge is 0.338 e. The van der Waals surface area contributed by atoms with E-state index in [0.29, 0.717) is 13.0 Å². The Morgan fingerprint density at radius 1 is 1.29 bits per heavy atom. The molecule has 0 radical (unpaired) electrons. The standard InChI is InChI=1S/C21H26N4O2S/c1-4-11-22-21(27)24(3)14-20(26)25-18(16-9-7-15(2)8-10-16)13-17(23-25)19-6-5-12-28-19/h5-10,12,18H,4,11,13-14H2,1-3H3,(H,22,27). The number of carbonyl (C=O) groups is 2. The zero-order valence-corrected chi connectivity index (χ0v) is 17.3. The van der Waals surface area contributed by atoms with Crippen molar-refractivity contribution in [2.24, 2.45) is 5.10 Å². The molecule has 7 heteroatoms. The molecular weight excluding hydrogens is 372 g/mol. The predicted molar refractivity (Wildman–Crippen MR) is 113 cm³/mol. The van der Waals surface area contributed by atoms with Crippen molar-refractivity contribution < 1.29 is 9.59 Å². The summed E-state index contributed by atoms with van der Waals surface area (Å²) in [5, 5.41) is 11.0. The molecule has 0 saturated heterocycles. The van der Waals surface area contributed by atoms with Crippen molar-refractivity contribution in [1.82, 2.24) is 15.2 Å². The number of benzene rings is 1. The third kappa shape index (κ3) is 4.59. The minimum Gasteiger partial charge on any atom is -0.338 e. The minimum absolute atomic E-state index is 0.0148. The molecule has 0 fully saturated rings. The minimum atomic E-state index is -0.247. The van der Waals surface area contributed by atoms with Gasteiger partial charge in [-0.15, -0.1) is 11.3 Å². The summed E-state index contributed by atoms with van der Waals surface area (Å²) in [5.74, 6) is -0.189. The summed E-state index contributed by atoms with van der Waals surface area (Å²) in [5.41, 5.74) is 3.13. The Balaban J connectivity index is 1.79. The molecule has 3 rings (SSSR count). The Labute approximate surface area is 169 Å². The van der Waals surface area contributed by atoms with E-state index in [9.17, 15) is 9.59 Å². The molecule has 2 heterocycles. The fourth-order valence-electron chi connectivity index (χ4n) is 3.09. The molecule has 0 saturated carbocycles. The highest BCUT2D eigenvalue weighted by Crippen LogP contribution is 2.34. The van der Waals surface area contributed by atoms with Crippen molar-refractivity contribution in [2.45, 2.75) is 32.7 Å². The van der Waals surface area contributed by atoms with Crippen LogP contribution in [0.1, 0.15) is 41.8 Å². The zero-order chi connectivity index (χ0) is 20.1. The fraction of sp³-hybridized carbons (Fsp3) is 0.381. The van der Waals surface area contributed by atoms with Crippen LogP contribution in [0.15, 0.2) is 46.9 Å². The van der Waals surface area contributed by atoms with Crippen molar-refractivity contribution in [3.63, 3.8) is 0 Å². The summed E-state index contributed by atoms with van der Waals surface area (Å²) >= 11 is 1.62. The molecule has 1 aliphatic rings. The van der Waals surface area contributed by atoms with Crippen LogP contribution < -0.4 is 5.32 Å². The number of aryl methyl sites for hydroxylation is 1. The van der Waals surface area contributed by atoms with E-state index in [1.54, 1.807) is 23.4 Å². The van der Waals surface area contributed by atoms with Crippen molar-refractivity contribution in [3.05, 3.63) is 57.8 Å². The van der Waals surface area contributed by atoms with Crippen LogP contribution in [0.5, 0.6) is 0 Å². The van der Waals surface area contributed by atoms with E-state index in [2.05, 4.69) is 10.4 Å². The van der Waals surface area contributed by atoms with Crippen LogP contribution in [0.3, 0.4) is 0 Å². The normalized spacial score (nSPS) is 16.0. The molecule has 6 nitrogen and oxygen atoms in total. The Morgan fingerprint density at radius 2 is 2.04 bits per heavy atom. The number of amides is 3. The van der Waals surface area contributed by atoms with Gasteiger partial charge < -0.3 is 10.2 Å². The monoisotopic (exact) mass is 398 g/mol. The molecule has 0 spiro atoms. The molecule has 3 amide bonds. The number of carbonyl (C=O) groups excluding carboxylic acids is 2. The number of rotatable bonds is 6. The van der Waals surface area contributed by atoms with E-state index >= 15 is 0 Å². The van der Waals surface area contributed by atoms with E-state index in [-0.39, 0.29) is 24.5 Å². The van der Waals surface area contributed by atoms with Crippen molar-refractivity contribution >= 4 is 29.0 Å². The topological polar surface area (TPSA) is 65.0 Å².